The number of rotatable bonds is 6. The van der Waals surface area contributed by atoms with Crippen molar-refractivity contribution < 1.29 is 14.3 Å². The molecule has 6 heteroatoms. The van der Waals surface area contributed by atoms with Crippen LogP contribution in [0.1, 0.15) is 6.42 Å². The van der Waals surface area contributed by atoms with Gasteiger partial charge in [0.15, 0.2) is 0 Å². The van der Waals surface area contributed by atoms with E-state index in [1.54, 1.807) is 14.2 Å². The first-order chi connectivity index (χ1) is 10.7. The van der Waals surface area contributed by atoms with E-state index in [4.69, 9.17) is 9.47 Å². The first-order valence-electron chi connectivity index (χ1n) is 7.64. The van der Waals surface area contributed by atoms with Gasteiger partial charge in [0, 0.05) is 52.1 Å². The van der Waals surface area contributed by atoms with E-state index in [1.165, 1.54) is 0 Å². The fourth-order valence-electron chi connectivity index (χ4n) is 2.48. The number of ether oxygens (including phenoxy) is 2. The Kier molecular flexibility index (Phi) is 6.48. The molecule has 1 saturated heterocycles. The van der Waals surface area contributed by atoms with E-state index in [0.29, 0.717) is 0 Å². The summed E-state index contributed by atoms with van der Waals surface area (Å²) in [6.45, 7) is 5.17. The van der Waals surface area contributed by atoms with E-state index in [9.17, 15) is 4.79 Å². The molecule has 0 aliphatic carbocycles. The van der Waals surface area contributed by atoms with Crippen LogP contribution in [0.4, 0.5) is 10.5 Å². The molecule has 0 radical (unpaired) electrons. The topological polar surface area (TPSA) is 54.0 Å². The summed E-state index contributed by atoms with van der Waals surface area (Å²) in [5, 5.41) is 2.92. The Balaban J connectivity index is 1.74. The van der Waals surface area contributed by atoms with Gasteiger partial charge in [0.25, 0.3) is 0 Å². The van der Waals surface area contributed by atoms with Crippen LogP contribution in [-0.2, 0) is 4.74 Å². The molecular formula is C16H25N3O3. The third kappa shape index (κ3) is 4.89. The van der Waals surface area contributed by atoms with Gasteiger partial charge in [-0.3, -0.25) is 4.90 Å². The lowest BCUT2D eigenvalue weighted by molar-refractivity contribution is 0.130. The van der Waals surface area contributed by atoms with E-state index in [-0.39, 0.29) is 6.03 Å². The number of carbonyl (C=O) groups is 1. The summed E-state index contributed by atoms with van der Waals surface area (Å²) < 4.78 is 10.2. The molecule has 22 heavy (non-hydrogen) atoms. The number of amides is 2. The lowest BCUT2D eigenvalue weighted by atomic mass is 10.3. The van der Waals surface area contributed by atoms with E-state index in [1.807, 2.05) is 29.2 Å². The molecule has 1 fully saturated rings. The van der Waals surface area contributed by atoms with Gasteiger partial charge in [0.1, 0.15) is 5.75 Å². The molecule has 1 heterocycles. The van der Waals surface area contributed by atoms with Crippen LogP contribution < -0.4 is 10.1 Å². The van der Waals surface area contributed by atoms with Gasteiger partial charge in [-0.2, -0.15) is 0 Å². The lowest BCUT2D eigenvalue weighted by Crippen LogP contribution is -2.50. The Morgan fingerprint density at radius 2 is 1.82 bits per heavy atom. The van der Waals surface area contributed by atoms with E-state index < -0.39 is 0 Å². The quantitative estimate of drug-likeness (QED) is 0.815. The van der Waals surface area contributed by atoms with E-state index in [0.717, 1.165) is 57.2 Å². The highest BCUT2D eigenvalue weighted by Gasteiger charge is 2.20. The summed E-state index contributed by atoms with van der Waals surface area (Å²) in [4.78, 5) is 16.5. The van der Waals surface area contributed by atoms with Gasteiger partial charge < -0.3 is 19.7 Å². The van der Waals surface area contributed by atoms with Gasteiger partial charge in [0.05, 0.1) is 7.11 Å². The molecule has 2 amide bonds. The second-order valence-corrected chi connectivity index (χ2v) is 5.33. The number of urea groups is 1. The zero-order valence-corrected chi connectivity index (χ0v) is 13.4. The molecule has 0 bridgehead atoms. The number of piperazine rings is 1. The van der Waals surface area contributed by atoms with Crippen molar-refractivity contribution in [2.75, 3.05) is 58.9 Å². The van der Waals surface area contributed by atoms with Gasteiger partial charge in [-0.05, 0) is 30.7 Å². The zero-order valence-electron chi connectivity index (χ0n) is 13.4. The van der Waals surface area contributed by atoms with Crippen molar-refractivity contribution in [1.82, 2.24) is 9.80 Å². The van der Waals surface area contributed by atoms with Crippen LogP contribution in [0.3, 0.4) is 0 Å². The Morgan fingerprint density at radius 3 is 2.41 bits per heavy atom. The minimum Gasteiger partial charge on any atom is -0.497 e. The first-order valence-corrected chi connectivity index (χ1v) is 7.64. The maximum Gasteiger partial charge on any atom is 0.321 e. The molecule has 0 unspecified atom stereocenters. The van der Waals surface area contributed by atoms with Crippen LogP contribution in [0.15, 0.2) is 24.3 Å². The molecule has 1 aliphatic rings. The molecule has 1 aromatic carbocycles. The van der Waals surface area contributed by atoms with Crippen LogP contribution in [0.25, 0.3) is 0 Å². The number of anilines is 1. The highest BCUT2D eigenvalue weighted by molar-refractivity contribution is 5.89. The van der Waals surface area contributed by atoms with Gasteiger partial charge in [-0.1, -0.05) is 0 Å². The minimum atomic E-state index is -0.0401. The van der Waals surface area contributed by atoms with Crippen molar-refractivity contribution in [3.05, 3.63) is 24.3 Å². The summed E-state index contributed by atoms with van der Waals surface area (Å²) in [6, 6.07) is 7.32. The molecule has 0 atom stereocenters. The number of carbonyl (C=O) groups excluding carboxylic acids is 1. The molecule has 122 valence electrons. The second kappa shape index (κ2) is 8.60. The minimum absolute atomic E-state index is 0.0401. The first kappa shape index (κ1) is 16.6. The zero-order chi connectivity index (χ0) is 15.8. The molecule has 2 rings (SSSR count). The summed E-state index contributed by atoms with van der Waals surface area (Å²) in [5.74, 6) is 0.780. The Hall–Kier alpha value is -1.79. The summed E-state index contributed by atoms with van der Waals surface area (Å²) >= 11 is 0. The largest absolute Gasteiger partial charge is 0.497 e. The number of methoxy groups -OCH3 is 2. The van der Waals surface area contributed by atoms with Crippen LogP contribution >= 0.6 is 0 Å². The highest BCUT2D eigenvalue weighted by Crippen LogP contribution is 2.15. The number of hydrogen-bond acceptors (Lipinski definition) is 4. The van der Waals surface area contributed by atoms with Crippen molar-refractivity contribution in [2.45, 2.75) is 6.42 Å². The van der Waals surface area contributed by atoms with Crippen LogP contribution in [0, 0.1) is 0 Å². The summed E-state index contributed by atoms with van der Waals surface area (Å²) in [7, 11) is 3.35. The normalized spacial score (nSPS) is 15.6. The van der Waals surface area contributed by atoms with Gasteiger partial charge >= 0.3 is 6.03 Å². The van der Waals surface area contributed by atoms with Crippen molar-refractivity contribution in [3.8, 4) is 5.75 Å². The Labute approximate surface area is 132 Å². The fraction of sp³-hybridized carbons (Fsp3) is 0.562. The Morgan fingerprint density at radius 1 is 1.14 bits per heavy atom. The lowest BCUT2D eigenvalue weighted by Gasteiger charge is -2.34. The van der Waals surface area contributed by atoms with Gasteiger partial charge in [-0.15, -0.1) is 0 Å². The average molecular weight is 307 g/mol. The van der Waals surface area contributed by atoms with Crippen LogP contribution in [0.5, 0.6) is 5.75 Å². The molecule has 6 nitrogen and oxygen atoms in total. The number of hydrogen-bond donors (Lipinski definition) is 1. The standard InChI is InChI=1S/C16H25N3O3/c1-21-13-3-8-18-9-11-19(12-10-18)16(20)17-14-4-6-15(22-2)7-5-14/h4-7H,3,8-13H2,1-2H3,(H,17,20). The molecular weight excluding hydrogens is 282 g/mol. The smallest absolute Gasteiger partial charge is 0.321 e. The maximum atomic E-state index is 12.2. The molecule has 1 aromatic rings. The SMILES string of the molecule is COCCCN1CCN(C(=O)Nc2ccc(OC)cc2)CC1. The van der Waals surface area contributed by atoms with Crippen molar-refractivity contribution in [2.24, 2.45) is 0 Å². The fourth-order valence-corrected chi connectivity index (χ4v) is 2.48. The summed E-state index contributed by atoms with van der Waals surface area (Å²) in [5.41, 5.74) is 0.785. The Bertz CT molecular complexity index is 456. The van der Waals surface area contributed by atoms with Gasteiger partial charge in [0.2, 0.25) is 0 Å². The molecule has 1 N–H and O–H groups in total. The summed E-state index contributed by atoms with van der Waals surface area (Å²) in [6.07, 6.45) is 1.04. The van der Waals surface area contributed by atoms with Crippen molar-refractivity contribution >= 4 is 11.7 Å². The van der Waals surface area contributed by atoms with E-state index in [2.05, 4.69) is 10.2 Å². The van der Waals surface area contributed by atoms with E-state index >= 15 is 0 Å². The van der Waals surface area contributed by atoms with Crippen molar-refractivity contribution in [3.63, 3.8) is 0 Å². The third-order valence-corrected chi connectivity index (χ3v) is 3.82. The molecule has 0 spiro atoms. The van der Waals surface area contributed by atoms with Crippen LogP contribution in [-0.4, -0.2) is 69.4 Å². The molecule has 0 saturated carbocycles. The van der Waals surface area contributed by atoms with Gasteiger partial charge in [-0.25, -0.2) is 4.79 Å². The van der Waals surface area contributed by atoms with Crippen LogP contribution in [0.2, 0.25) is 0 Å². The molecule has 0 aromatic heterocycles. The second-order valence-electron chi connectivity index (χ2n) is 5.33. The van der Waals surface area contributed by atoms with Crippen molar-refractivity contribution in [1.29, 1.82) is 0 Å². The highest BCUT2D eigenvalue weighted by atomic mass is 16.5. The number of benzene rings is 1. The predicted octanol–water partition coefficient (Wildman–Crippen LogP) is 1.88. The predicted molar refractivity (Wildman–Crippen MR) is 86.5 cm³/mol. The average Bonchev–Trinajstić information content (AvgIpc) is 2.56. The third-order valence-electron chi connectivity index (χ3n) is 3.82. The number of nitrogens with one attached hydrogen (secondary N) is 1. The number of nitrogens with zero attached hydrogens (tertiary/aromatic N) is 2. The maximum absolute atomic E-state index is 12.2. The monoisotopic (exact) mass is 307 g/mol. The molecule has 1 aliphatic heterocycles.